The van der Waals surface area contributed by atoms with Crippen molar-refractivity contribution >= 4 is 11.6 Å². The van der Waals surface area contributed by atoms with Gasteiger partial charge in [0.05, 0.1) is 12.1 Å². The standard InChI is InChI=1S/C12H17ClFNO/c1-4-15-12(8(2)16-3)10-6-5-9(13)7-11(10)14/h5-8,12,15H,4H2,1-3H3. The minimum absolute atomic E-state index is 0.101. The predicted octanol–water partition coefficient (Wildman–Crippen LogP) is 3.16. The van der Waals surface area contributed by atoms with Crippen molar-refractivity contribution in [2.24, 2.45) is 0 Å². The van der Waals surface area contributed by atoms with Crippen molar-refractivity contribution in [1.82, 2.24) is 5.32 Å². The van der Waals surface area contributed by atoms with E-state index >= 15 is 0 Å². The number of benzene rings is 1. The minimum atomic E-state index is -0.303. The molecule has 0 radical (unpaired) electrons. The fourth-order valence-corrected chi connectivity index (χ4v) is 1.80. The number of ether oxygens (including phenoxy) is 1. The van der Waals surface area contributed by atoms with E-state index in [-0.39, 0.29) is 18.0 Å². The molecule has 0 spiro atoms. The summed E-state index contributed by atoms with van der Waals surface area (Å²) in [6.07, 6.45) is -0.101. The van der Waals surface area contributed by atoms with E-state index in [0.29, 0.717) is 10.6 Å². The van der Waals surface area contributed by atoms with Gasteiger partial charge in [0, 0.05) is 17.7 Å². The third-order valence-corrected chi connectivity index (χ3v) is 2.80. The fourth-order valence-electron chi connectivity index (χ4n) is 1.64. The maximum atomic E-state index is 13.7. The first-order valence-electron chi connectivity index (χ1n) is 5.31. The third-order valence-electron chi connectivity index (χ3n) is 2.56. The van der Waals surface area contributed by atoms with Gasteiger partial charge in [0.25, 0.3) is 0 Å². The summed E-state index contributed by atoms with van der Waals surface area (Å²) >= 11 is 5.72. The molecule has 2 atom stereocenters. The van der Waals surface area contributed by atoms with Crippen LogP contribution in [0.1, 0.15) is 25.5 Å². The summed E-state index contributed by atoms with van der Waals surface area (Å²) in [4.78, 5) is 0. The Kier molecular flexibility index (Phi) is 5.19. The monoisotopic (exact) mass is 245 g/mol. The molecule has 0 fully saturated rings. The number of nitrogens with one attached hydrogen (secondary N) is 1. The second-order valence-corrected chi connectivity index (χ2v) is 4.08. The average molecular weight is 246 g/mol. The minimum Gasteiger partial charge on any atom is -0.380 e. The van der Waals surface area contributed by atoms with Crippen molar-refractivity contribution in [1.29, 1.82) is 0 Å². The zero-order valence-corrected chi connectivity index (χ0v) is 10.5. The molecule has 0 amide bonds. The normalized spacial score (nSPS) is 14.8. The smallest absolute Gasteiger partial charge is 0.129 e. The maximum Gasteiger partial charge on any atom is 0.129 e. The number of likely N-dealkylation sites (N-methyl/N-ethyl adjacent to an activating group) is 1. The number of hydrogen-bond donors (Lipinski definition) is 1. The lowest BCUT2D eigenvalue weighted by atomic mass is 10.0. The Hall–Kier alpha value is -0.640. The molecule has 1 aromatic rings. The molecule has 0 bridgehead atoms. The highest BCUT2D eigenvalue weighted by Gasteiger charge is 2.21. The molecular formula is C12H17ClFNO. The van der Waals surface area contributed by atoms with E-state index in [2.05, 4.69) is 5.32 Å². The largest absolute Gasteiger partial charge is 0.380 e. The fraction of sp³-hybridized carbons (Fsp3) is 0.500. The van der Waals surface area contributed by atoms with E-state index < -0.39 is 0 Å². The molecule has 2 unspecified atom stereocenters. The van der Waals surface area contributed by atoms with Crippen LogP contribution < -0.4 is 5.32 Å². The van der Waals surface area contributed by atoms with Crippen LogP contribution in [0.3, 0.4) is 0 Å². The van der Waals surface area contributed by atoms with Crippen LogP contribution in [0.25, 0.3) is 0 Å². The summed E-state index contributed by atoms with van der Waals surface area (Å²) in [5.74, 6) is -0.303. The van der Waals surface area contributed by atoms with Crippen molar-refractivity contribution in [3.05, 3.63) is 34.6 Å². The molecule has 1 aromatic carbocycles. The van der Waals surface area contributed by atoms with Crippen LogP contribution in [-0.2, 0) is 4.74 Å². The summed E-state index contributed by atoms with van der Waals surface area (Å²) in [6.45, 7) is 4.63. The summed E-state index contributed by atoms with van der Waals surface area (Å²) in [7, 11) is 1.61. The molecule has 4 heteroatoms. The van der Waals surface area contributed by atoms with E-state index in [0.717, 1.165) is 6.54 Å². The second-order valence-electron chi connectivity index (χ2n) is 3.64. The number of methoxy groups -OCH3 is 1. The van der Waals surface area contributed by atoms with Crippen LogP contribution in [0.4, 0.5) is 4.39 Å². The van der Waals surface area contributed by atoms with Gasteiger partial charge in [0.2, 0.25) is 0 Å². The molecule has 0 aliphatic rings. The molecule has 0 aromatic heterocycles. The summed E-state index contributed by atoms with van der Waals surface area (Å²) < 4.78 is 19.0. The zero-order chi connectivity index (χ0) is 12.1. The molecule has 1 N–H and O–H groups in total. The average Bonchev–Trinajstić information content (AvgIpc) is 2.26. The first kappa shape index (κ1) is 13.4. The molecule has 2 nitrogen and oxygen atoms in total. The van der Waals surface area contributed by atoms with Crippen LogP contribution >= 0.6 is 11.6 Å². The first-order valence-corrected chi connectivity index (χ1v) is 5.69. The molecule has 16 heavy (non-hydrogen) atoms. The SMILES string of the molecule is CCNC(c1ccc(Cl)cc1F)C(C)OC. The van der Waals surface area contributed by atoms with Gasteiger partial charge in [0.15, 0.2) is 0 Å². The van der Waals surface area contributed by atoms with E-state index in [1.165, 1.54) is 6.07 Å². The summed E-state index contributed by atoms with van der Waals surface area (Å²) in [6, 6.07) is 4.55. The Labute approximate surface area is 101 Å². The quantitative estimate of drug-likeness (QED) is 0.861. The van der Waals surface area contributed by atoms with E-state index in [4.69, 9.17) is 16.3 Å². The van der Waals surface area contributed by atoms with E-state index in [1.807, 2.05) is 13.8 Å². The zero-order valence-electron chi connectivity index (χ0n) is 9.76. The van der Waals surface area contributed by atoms with Crippen LogP contribution in [0, 0.1) is 5.82 Å². The van der Waals surface area contributed by atoms with Gasteiger partial charge in [-0.15, -0.1) is 0 Å². The lowest BCUT2D eigenvalue weighted by Gasteiger charge is -2.24. The van der Waals surface area contributed by atoms with Gasteiger partial charge in [-0.1, -0.05) is 24.6 Å². The van der Waals surface area contributed by atoms with Crippen molar-refractivity contribution in [3.8, 4) is 0 Å². The van der Waals surface area contributed by atoms with Gasteiger partial charge in [-0.3, -0.25) is 0 Å². The highest BCUT2D eigenvalue weighted by atomic mass is 35.5. The lowest BCUT2D eigenvalue weighted by molar-refractivity contribution is 0.0823. The van der Waals surface area contributed by atoms with Crippen molar-refractivity contribution in [2.45, 2.75) is 26.0 Å². The van der Waals surface area contributed by atoms with Crippen LogP contribution in [0.5, 0.6) is 0 Å². The van der Waals surface area contributed by atoms with Gasteiger partial charge in [-0.05, 0) is 25.6 Å². The highest BCUT2D eigenvalue weighted by molar-refractivity contribution is 6.30. The van der Waals surface area contributed by atoms with Gasteiger partial charge in [-0.25, -0.2) is 4.39 Å². The topological polar surface area (TPSA) is 21.3 Å². The molecule has 90 valence electrons. The predicted molar refractivity (Wildman–Crippen MR) is 64.3 cm³/mol. The Bertz CT molecular complexity index is 346. The third kappa shape index (κ3) is 3.17. The van der Waals surface area contributed by atoms with Gasteiger partial charge in [0.1, 0.15) is 5.82 Å². The van der Waals surface area contributed by atoms with E-state index in [1.54, 1.807) is 19.2 Å². The molecule has 1 rings (SSSR count). The first-order chi connectivity index (χ1) is 7.60. The lowest BCUT2D eigenvalue weighted by Crippen LogP contribution is -2.32. The maximum absolute atomic E-state index is 13.7. The summed E-state index contributed by atoms with van der Waals surface area (Å²) in [5, 5.41) is 3.61. The van der Waals surface area contributed by atoms with Crippen molar-refractivity contribution in [2.75, 3.05) is 13.7 Å². The highest BCUT2D eigenvalue weighted by Crippen LogP contribution is 2.24. The molecule has 0 saturated carbocycles. The number of hydrogen-bond acceptors (Lipinski definition) is 2. The van der Waals surface area contributed by atoms with E-state index in [9.17, 15) is 4.39 Å². The Morgan fingerprint density at radius 1 is 1.50 bits per heavy atom. The second kappa shape index (κ2) is 6.18. The molecule has 0 saturated heterocycles. The van der Waals surface area contributed by atoms with Crippen molar-refractivity contribution < 1.29 is 9.13 Å². The van der Waals surface area contributed by atoms with Crippen molar-refractivity contribution in [3.63, 3.8) is 0 Å². The Morgan fingerprint density at radius 3 is 2.69 bits per heavy atom. The Balaban J connectivity index is 3.00. The summed E-state index contributed by atoms with van der Waals surface area (Å²) in [5.41, 5.74) is 0.584. The van der Waals surface area contributed by atoms with Crippen LogP contribution in [-0.4, -0.2) is 19.8 Å². The number of halogens is 2. The Morgan fingerprint density at radius 2 is 2.19 bits per heavy atom. The molecule has 0 aliphatic heterocycles. The van der Waals surface area contributed by atoms with Crippen LogP contribution in [0.15, 0.2) is 18.2 Å². The number of rotatable bonds is 5. The van der Waals surface area contributed by atoms with Crippen LogP contribution in [0.2, 0.25) is 5.02 Å². The molecule has 0 aliphatic carbocycles. The van der Waals surface area contributed by atoms with Gasteiger partial charge >= 0.3 is 0 Å². The van der Waals surface area contributed by atoms with Gasteiger partial charge in [-0.2, -0.15) is 0 Å². The molecule has 0 heterocycles. The van der Waals surface area contributed by atoms with Gasteiger partial charge < -0.3 is 10.1 Å². The molecular weight excluding hydrogens is 229 g/mol.